The first-order valence-corrected chi connectivity index (χ1v) is 3.76. The molecule has 2 rings (SSSR count). The summed E-state index contributed by atoms with van der Waals surface area (Å²) in [4.78, 5) is 7.72. The molecule has 1 aromatic rings. The summed E-state index contributed by atoms with van der Waals surface area (Å²) in [6.07, 6.45) is 2.90. The van der Waals surface area contributed by atoms with Crippen LogP contribution in [0.2, 0.25) is 0 Å². The molecule has 0 aromatic carbocycles. The van der Waals surface area contributed by atoms with Crippen LogP contribution in [-0.2, 0) is 0 Å². The number of hydrogen-bond donors (Lipinski definition) is 0. The highest BCUT2D eigenvalue weighted by atomic mass is 19.3. The van der Waals surface area contributed by atoms with Crippen LogP contribution in [0.4, 0.5) is 8.78 Å². The summed E-state index contributed by atoms with van der Waals surface area (Å²) in [6, 6.07) is 0. The molecule has 0 aliphatic heterocycles. The summed E-state index contributed by atoms with van der Waals surface area (Å²) < 4.78 is 25.1. The van der Waals surface area contributed by atoms with Crippen molar-refractivity contribution < 1.29 is 8.78 Å². The Balaban J connectivity index is 2.21. The molecule has 0 radical (unpaired) electrons. The van der Waals surface area contributed by atoms with Gasteiger partial charge in [0.2, 0.25) is 0 Å². The lowest BCUT2D eigenvalue weighted by Gasteiger charge is -1.97. The molecule has 1 atom stereocenters. The highest BCUT2D eigenvalue weighted by Gasteiger charge is 2.57. The Morgan fingerprint density at radius 2 is 1.92 bits per heavy atom. The minimum atomic E-state index is -2.52. The first-order chi connectivity index (χ1) is 5.59. The van der Waals surface area contributed by atoms with Crippen molar-refractivity contribution in [3.05, 3.63) is 23.8 Å². The average Bonchev–Trinajstić information content (AvgIpc) is 2.61. The number of aromatic nitrogens is 2. The number of rotatable bonds is 1. The quantitative estimate of drug-likeness (QED) is 0.643. The van der Waals surface area contributed by atoms with E-state index in [1.165, 1.54) is 12.4 Å². The topological polar surface area (TPSA) is 25.8 Å². The van der Waals surface area contributed by atoms with Gasteiger partial charge in [-0.2, -0.15) is 0 Å². The maximum Gasteiger partial charge on any atom is 0.256 e. The molecule has 1 unspecified atom stereocenters. The molecule has 4 heteroatoms. The molecular weight excluding hydrogens is 162 g/mol. The number of nitrogens with zero attached hydrogens (tertiary/aromatic N) is 2. The first kappa shape index (κ1) is 7.58. The molecule has 0 spiro atoms. The molecule has 0 amide bonds. The highest BCUT2D eigenvalue weighted by molar-refractivity contribution is 5.24. The third-order valence-corrected chi connectivity index (χ3v) is 2.03. The van der Waals surface area contributed by atoms with Crippen LogP contribution in [0, 0.1) is 6.92 Å². The molecule has 1 aliphatic rings. The van der Waals surface area contributed by atoms with Crippen LogP contribution in [0.3, 0.4) is 0 Å². The van der Waals surface area contributed by atoms with Gasteiger partial charge in [-0.05, 0) is 12.5 Å². The maximum absolute atomic E-state index is 12.5. The zero-order valence-corrected chi connectivity index (χ0v) is 6.59. The lowest BCUT2D eigenvalue weighted by atomic mass is 10.2. The van der Waals surface area contributed by atoms with Crippen molar-refractivity contribution in [1.82, 2.24) is 9.97 Å². The fourth-order valence-corrected chi connectivity index (χ4v) is 1.16. The molecule has 1 heterocycles. The molecule has 1 fully saturated rings. The van der Waals surface area contributed by atoms with Gasteiger partial charge >= 0.3 is 0 Å². The van der Waals surface area contributed by atoms with E-state index in [9.17, 15) is 8.78 Å². The highest BCUT2D eigenvalue weighted by Crippen LogP contribution is 2.55. The van der Waals surface area contributed by atoms with E-state index >= 15 is 0 Å². The fraction of sp³-hybridized carbons (Fsp3) is 0.500. The van der Waals surface area contributed by atoms with Crippen molar-refractivity contribution in [3.63, 3.8) is 0 Å². The van der Waals surface area contributed by atoms with Gasteiger partial charge in [-0.3, -0.25) is 0 Å². The van der Waals surface area contributed by atoms with Crippen molar-refractivity contribution in [2.75, 3.05) is 0 Å². The normalized spacial score (nSPS) is 25.4. The van der Waals surface area contributed by atoms with Gasteiger partial charge in [-0.1, -0.05) is 0 Å². The molecule has 0 bridgehead atoms. The number of alkyl halides is 2. The molecule has 1 saturated carbocycles. The van der Waals surface area contributed by atoms with E-state index in [1.807, 2.05) is 0 Å². The number of hydrogen-bond acceptors (Lipinski definition) is 2. The molecule has 0 saturated heterocycles. The van der Waals surface area contributed by atoms with Crippen LogP contribution >= 0.6 is 0 Å². The van der Waals surface area contributed by atoms with Gasteiger partial charge < -0.3 is 0 Å². The Morgan fingerprint density at radius 3 is 2.33 bits per heavy atom. The van der Waals surface area contributed by atoms with E-state index in [2.05, 4.69) is 9.97 Å². The summed E-state index contributed by atoms with van der Waals surface area (Å²) >= 11 is 0. The number of halogens is 2. The Bertz CT molecular complexity index is 294. The van der Waals surface area contributed by atoms with E-state index < -0.39 is 11.8 Å². The van der Waals surface area contributed by atoms with E-state index in [1.54, 1.807) is 6.92 Å². The summed E-state index contributed by atoms with van der Waals surface area (Å²) in [7, 11) is 0. The van der Waals surface area contributed by atoms with Crippen molar-refractivity contribution in [3.8, 4) is 0 Å². The summed E-state index contributed by atoms with van der Waals surface area (Å²) in [5.74, 6) is -2.54. The smallest absolute Gasteiger partial charge is 0.241 e. The maximum atomic E-state index is 12.5. The van der Waals surface area contributed by atoms with E-state index in [4.69, 9.17) is 0 Å². The third kappa shape index (κ3) is 1.17. The van der Waals surface area contributed by atoms with Gasteiger partial charge in [0, 0.05) is 18.8 Å². The second-order valence-corrected chi connectivity index (χ2v) is 3.08. The van der Waals surface area contributed by atoms with Crippen LogP contribution in [0.15, 0.2) is 12.4 Å². The zero-order valence-electron chi connectivity index (χ0n) is 6.59. The molecular formula is C8H8F2N2. The summed E-state index contributed by atoms with van der Waals surface area (Å²) in [6.45, 7) is 1.73. The lowest BCUT2D eigenvalue weighted by Crippen LogP contribution is -1.95. The monoisotopic (exact) mass is 170 g/mol. The van der Waals surface area contributed by atoms with E-state index in [0.717, 1.165) is 0 Å². The van der Waals surface area contributed by atoms with Crippen LogP contribution in [-0.4, -0.2) is 15.9 Å². The minimum Gasteiger partial charge on any atom is -0.241 e. The summed E-state index contributed by atoms with van der Waals surface area (Å²) in [5, 5.41) is 0. The Hall–Kier alpha value is -1.06. The molecule has 12 heavy (non-hydrogen) atoms. The van der Waals surface area contributed by atoms with Crippen molar-refractivity contribution in [2.24, 2.45) is 0 Å². The van der Waals surface area contributed by atoms with Crippen molar-refractivity contribution in [2.45, 2.75) is 25.2 Å². The molecule has 1 aliphatic carbocycles. The average molecular weight is 170 g/mol. The fourth-order valence-electron chi connectivity index (χ4n) is 1.16. The SMILES string of the molecule is Cc1ncc(C2CC2(F)F)cn1. The Morgan fingerprint density at radius 1 is 1.42 bits per heavy atom. The Labute approximate surface area is 68.7 Å². The van der Waals surface area contributed by atoms with Gasteiger partial charge in [0.05, 0.1) is 5.92 Å². The molecule has 0 N–H and O–H groups in total. The Kier molecular flexibility index (Phi) is 1.40. The van der Waals surface area contributed by atoms with Crippen LogP contribution in [0.1, 0.15) is 23.7 Å². The molecule has 64 valence electrons. The van der Waals surface area contributed by atoms with E-state index in [0.29, 0.717) is 11.4 Å². The minimum absolute atomic E-state index is 0.0561. The molecule has 2 nitrogen and oxygen atoms in total. The standard InChI is InChI=1S/C8H8F2N2/c1-5-11-3-6(4-12-5)7-2-8(7,9)10/h3-4,7H,2H2,1H3. The third-order valence-electron chi connectivity index (χ3n) is 2.03. The second kappa shape index (κ2) is 2.21. The number of aryl methyl sites for hydroxylation is 1. The first-order valence-electron chi connectivity index (χ1n) is 3.76. The summed E-state index contributed by atoms with van der Waals surface area (Å²) in [5.41, 5.74) is 0.547. The van der Waals surface area contributed by atoms with Gasteiger partial charge in [-0.15, -0.1) is 0 Å². The van der Waals surface area contributed by atoms with Gasteiger partial charge in [0.1, 0.15) is 5.82 Å². The largest absolute Gasteiger partial charge is 0.256 e. The van der Waals surface area contributed by atoms with Crippen molar-refractivity contribution in [1.29, 1.82) is 0 Å². The lowest BCUT2D eigenvalue weighted by molar-refractivity contribution is 0.112. The molecule has 1 aromatic heterocycles. The van der Waals surface area contributed by atoms with Crippen molar-refractivity contribution >= 4 is 0 Å². The van der Waals surface area contributed by atoms with Crippen LogP contribution in [0.5, 0.6) is 0 Å². The second-order valence-electron chi connectivity index (χ2n) is 3.08. The van der Waals surface area contributed by atoms with Crippen LogP contribution in [0.25, 0.3) is 0 Å². The van der Waals surface area contributed by atoms with Gasteiger partial charge in [0.15, 0.2) is 0 Å². The predicted octanol–water partition coefficient (Wildman–Crippen LogP) is 1.91. The predicted molar refractivity (Wildman–Crippen MR) is 39.1 cm³/mol. The van der Waals surface area contributed by atoms with Gasteiger partial charge in [0.25, 0.3) is 5.92 Å². The van der Waals surface area contributed by atoms with Crippen LogP contribution < -0.4 is 0 Å². The van der Waals surface area contributed by atoms with E-state index in [-0.39, 0.29) is 6.42 Å². The van der Waals surface area contributed by atoms with Gasteiger partial charge in [-0.25, -0.2) is 18.7 Å². The zero-order chi connectivity index (χ0) is 8.77.